The van der Waals surface area contributed by atoms with Gasteiger partial charge in [0.2, 0.25) is 0 Å². The van der Waals surface area contributed by atoms with Crippen molar-refractivity contribution in [2.75, 3.05) is 13.4 Å². The molecule has 5 heteroatoms. The Bertz CT molecular complexity index is 746. The van der Waals surface area contributed by atoms with Crippen LogP contribution in [0.5, 0.6) is 5.75 Å². The first-order chi connectivity index (χ1) is 9.91. The van der Waals surface area contributed by atoms with Crippen molar-refractivity contribution in [3.63, 3.8) is 0 Å². The highest BCUT2D eigenvalue weighted by Gasteiger charge is 2.12. The average Bonchev–Trinajstić information content (AvgIpc) is 2.47. The van der Waals surface area contributed by atoms with E-state index in [-0.39, 0.29) is 17.1 Å². The largest absolute Gasteiger partial charge is 0.496 e. The van der Waals surface area contributed by atoms with E-state index in [1.807, 2.05) is 18.2 Å². The van der Waals surface area contributed by atoms with Crippen LogP contribution in [-0.4, -0.2) is 27.6 Å². The molecule has 2 aromatic carbocycles. The van der Waals surface area contributed by atoms with Crippen LogP contribution in [0.25, 0.3) is 0 Å². The van der Waals surface area contributed by atoms with Crippen LogP contribution >= 0.6 is 0 Å². The Morgan fingerprint density at radius 2 is 1.67 bits per heavy atom. The number of methoxy groups -OCH3 is 1. The lowest BCUT2D eigenvalue weighted by atomic mass is 10.0. The van der Waals surface area contributed by atoms with Gasteiger partial charge in [-0.25, -0.2) is 8.42 Å². The van der Waals surface area contributed by atoms with Crippen molar-refractivity contribution in [2.24, 2.45) is 0 Å². The van der Waals surface area contributed by atoms with Gasteiger partial charge in [0.1, 0.15) is 5.75 Å². The van der Waals surface area contributed by atoms with E-state index in [4.69, 9.17) is 4.74 Å². The van der Waals surface area contributed by atoms with Crippen molar-refractivity contribution in [3.8, 4) is 5.75 Å². The summed E-state index contributed by atoms with van der Waals surface area (Å²) in [5, 5.41) is 0. The maximum Gasteiger partial charge on any atom is 0.175 e. The molecule has 0 fully saturated rings. The van der Waals surface area contributed by atoms with E-state index in [1.54, 1.807) is 13.2 Å². The van der Waals surface area contributed by atoms with Crippen LogP contribution < -0.4 is 4.74 Å². The van der Waals surface area contributed by atoms with Crippen molar-refractivity contribution in [2.45, 2.75) is 11.3 Å². The Morgan fingerprint density at radius 1 is 1.05 bits per heavy atom. The quantitative estimate of drug-likeness (QED) is 0.796. The Morgan fingerprint density at radius 3 is 2.24 bits per heavy atom. The van der Waals surface area contributed by atoms with Crippen molar-refractivity contribution >= 4 is 15.6 Å². The summed E-state index contributed by atoms with van der Waals surface area (Å²) in [7, 11) is -1.69. The molecule has 0 amide bonds. The molecular formula is C16H16O4S. The average molecular weight is 304 g/mol. The van der Waals surface area contributed by atoms with Gasteiger partial charge >= 0.3 is 0 Å². The van der Waals surface area contributed by atoms with Gasteiger partial charge < -0.3 is 4.74 Å². The first-order valence-corrected chi connectivity index (χ1v) is 8.26. The minimum absolute atomic E-state index is 0.0837. The third kappa shape index (κ3) is 3.70. The van der Waals surface area contributed by atoms with E-state index >= 15 is 0 Å². The summed E-state index contributed by atoms with van der Waals surface area (Å²) < 4.78 is 28.0. The van der Waals surface area contributed by atoms with Gasteiger partial charge in [-0.05, 0) is 18.2 Å². The number of benzene rings is 2. The van der Waals surface area contributed by atoms with E-state index in [0.717, 1.165) is 11.8 Å². The van der Waals surface area contributed by atoms with Gasteiger partial charge in [0.15, 0.2) is 15.6 Å². The molecule has 0 N–H and O–H groups in total. The smallest absolute Gasteiger partial charge is 0.175 e. The highest BCUT2D eigenvalue weighted by Crippen LogP contribution is 2.20. The fourth-order valence-electron chi connectivity index (χ4n) is 2.01. The molecule has 0 saturated carbocycles. The van der Waals surface area contributed by atoms with Crippen LogP contribution in [0.1, 0.15) is 15.9 Å². The van der Waals surface area contributed by atoms with Gasteiger partial charge in [-0.1, -0.05) is 30.3 Å². The number of ketones is 1. The minimum Gasteiger partial charge on any atom is -0.496 e. The number of rotatable bonds is 5. The molecule has 0 aliphatic carbocycles. The molecule has 0 radical (unpaired) electrons. The summed E-state index contributed by atoms with van der Waals surface area (Å²) in [4.78, 5) is 12.4. The Kier molecular flexibility index (Phi) is 4.43. The molecule has 0 bridgehead atoms. The van der Waals surface area contributed by atoms with E-state index in [0.29, 0.717) is 11.3 Å². The summed E-state index contributed by atoms with van der Waals surface area (Å²) in [6, 6.07) is 13.3. The second kappa shape index (κ2) is 6.10. The van der Waals surface area contributed by atoms with Crippen LogP contribution in [0.4, 0.5) is 0 Å². The fraction of sp³-hybridized carbons (Fsp3) is 0.188. The maximum atomic E-state index is 12.2. The number of carbonyl (C=O) groups excluding carboxylic acids is 1. The van der Waals surface area contributed by atoms with Gasteiger partial charge in [0.25, 0.3) is 0 Å². The standard InChI is InChI=1S/C16H16O4S/c1-20-16-6-4-3-5-13(16)11-15(17)12-7-9-14(10-8-12)21(2,18)19/h3-10H,11H2,1-2H3. The van der Waals surface area contributed by atoms with Gasteiger partial charge in [-0.2, -0.15) is 0 Å². The molecular weight excluding hydrogens is 288 g/mol. The van der Waals surface area contributed by atoms with Crippen LogP contribution in [0.2, 0.25) is 0 Å². The lowest BCUT2D eigenvalue weighted by molar-refractivity contribution is 0.0992. The number of hydrogen-bond acceptors (Lipinski definition) is 4. The molecule has 2 aromatic rings. The number of carbonyl (C=O) groups is 1. The molecule has 0 heterocycles. The third-order valence-corrected chi connectivity index (χ3v) is 4.28. The van der Waals surface area contributed by atoms with Gasteiger partial charge in [0, 0.05) is 23.8 Å². The molecule has 21 heavy (non-hydrogen) atoms. The molecule has 0 aliphatic rings. The second-order valence-electron chi connectivity index (χ2n) is 4.71. The zero-order chi connectivity index (χ0) is 15.5. The van der Waals surface area contributed by atoms with Gasteiger partial charge in [-0.3, -0.25) is 4.79 Å². The molecule has 0 aliphatic heterocycles. The van der Waals surface area contributed by atoms with E-state index in [1.165, 1.54) is 24.3 Å². The molecule has 0 saturated heterocycles. The molecule has 4 nitrogen and oxygen atoms in total. The monoisotopic (exact) mass is 304 g/mol. The van der Waals surface area contributed by atoms with E-state index in [2.05, 4.69) is 0 Å². The van der Waals surface area contributed by atoms with Crippen LogP contribution in [0.3, 0.4) is 0 Å². The molecule has 0 aromatic heterocycles. The maximum absolute atomic E-state index is 12.2. The Balaban J connectivity index is 2.21. The zero-order valence-corrected chi connectivity index (χ0v) is 12.7. The normalized spacial score (nSPS) is 11.1. The molecule has 0 spiro atoms. The van der Waals surface area contributed by atoms with Gasteiger partial charge in [-0.15, -0.1) is 0 Å². The first-order valence-electron chi connectivity index (χ1n) is 6.37. The summed E-state index contributed by atoms with van der Waals surface area (Å²) in [6.45, 7) is 0. The number of hydrogen-bond donors (Lipinski definition) is 0. The lowest BCUT2D eigenvalue weighted by Gasteiger charge is -2.07. The summed E-state index contributed by atoms with van der Waals surface area (Å²) >= 11 is 0. The highest BCUT2D eigenvalue weighted by molar-refractivity contribution is 7.90. The summed E-state index contributed by atoms with van der Waals surface area (Å²) in [5.74, 6) is 0.582. The SMILES string of the molecule is COc1ccccc1CC(=O)c1ccc(S(C)(=O)=O)cc1. The first kappa shape index (κ1) is 15.3. The Labute approximate surface area is 124 Å². The summed E-state index contributed by atoms with van der Waals surface area (Å²) in [6.07, 6.45) is 1.35. The fourth-order valence-corrected chi connectivity index (χ4v) is 2.64. The molecule has 2 rings (SSSR count). The predicted molar refractivity (Wildman–Crippen MR) is 80.6 cm³/mol. The number of Topliss-reactive ketones (excluding diaryl/α,β-unsaturated/α-hetero) is 1. The van der Waals surface area contributed by atoms with Crippen LogP contribution in [0.15, 0.2) is 53.4 Å². The highest BCUT2D eigenvalue weighted by atomic mass is 32.2. The zero-order valence-electron chi connectivity index (χ0n) is 11.9. The minimum atomic E-state index is -3.25. The summed E-state index contributed by atoms with van der Waals surface area (Å²) in [5.41, 5.74) is 1.28. The third-order valence-electron chi connectivity index (χ3n) is 3.15. The topological polar surface area (TPSA) is 60.4 Å². The van der Waals surface area contributed by atoms with Crippen molar-refractivity contribution in [1.29, 1.82) is 0 Å². The molecule has 110 valence electrons. The van der Waals surface area contributed by atoms with Crippen LogP contribution in [0, 0.1) is 0 Å². The van der Waals surface area contributed by atoms with Crippen LogP contribution in [-0.2, 0) is 16.3 Å². The molecule has 0 atom stereocenters. The van der Waals surface area contributed by atoms with E-state index < -0.39 is 9.84 Å². The van der Waals surface area contributed by atoms with Crippen molar-refractivity contribution < 1.29 is 17.9 Å². The Hall–Kier alpha value is -2.14. The number of para-hydroxylation sites is 1. The van der Waals surface area contributed by atoms with Gasteiger partial charge in [0.05, 0.1) is 12.0 Å². The molecule has 0 unspecified atom stereocenters. The predicted octanol–water partition coefficient (Wildman–Crippen LogP) is 2.52. The second-order valence-corrected chi connectivity index (χ2v) is 6.72. The van der Waals surface area contributed by atoms with Crippen molar-refractivity contribution in [1.82, 2.24) is 0 Å². The lowest BCUT2D eigenvalue weighted by Crippen LogP contribution is -2.05. The van der Waals surface area contributed by atoms with E-state index in [9.17, 15) is 13.2 Å². The van der Waals surface area contributed by atoms with Crippen molar-refractivity contribution in [3.05, 3.63) is 59.7 Å². The number of sulfone groups is 1. The number of ether oxygens (including phenoxy) is 1.